The van der Waals surface area contributed by atoms with Crippen LogP contribution >= 0.6 is 0 Å². The number of hydrogen-bond acceptors (Lipinski definition) is 9. The summed E-state index contributed by atoms with van der Waals surface area (Å²) >= 11 is 0. The second-order valence-electron chi connectivity index (χ2n) is 12.7. The smallest absolute Gasteiger partial charge is 0.434 e. The predicted octanol–water partition coefficient (Wildman–Crippen LogP) is 3.62. The van der Waals surface area contributed by atoms with E-state index in [2.05, 4.69) is 25.9 Å². The van der Waals surface area contributed by atoms with Crippen molar-refractivity contribution in [1.82, 2.24) is 20.6 Å². The van der Waals surface area contributed by atoms with E-state index in [-0.39, 0.29) is 36.1 Å². The Bertz CT molecular complexity index is 1050. The number of alkyl carbamates (subject to hydrolysis) is 1. The first-order chi connectivity index (χ1) is 18.1. The summed E-state index contributed by atoms with van der Waals surface area (Å²) in [6, 6.07) is 0.0451. The molecule has 4 atom stereocenters. The molecule has 1 aromatic heterocycles. The quantitative estimate of drug-likeness (QED) is 0.482. The molecule has 1 spiro atoms. The van der Waals surface area contributed by atoms with Crippen molar-refractivity contribution in [2.24, 2.45) is 5.41 Å². The molecular weight excluding hydrogens is 519 g/mol. The zero-order chi connectivity index (χ0) is 28.2. The number of anilines is 1. The molecule has 10 nitrogen and oxygen atoms in total. The first-order valence-corrected chi connectivity index (χ1v) is 13.5. The van der Waals surface area contributed by atoms with Crippen molar-refractivity contribution in [1.29, 1.82) is 0 Å². The molecule has 1 aromatic rings. The Morgan fingerprint density at radius 2 is 1.74 bits per heavy atom. The molecule has 3 N–H and O–H groups in total. The van der Waals surface area contributed by atoms with E-state index in [1.807, 2.05) is 34.6 Å². The van der Waals surface area contributed by atoms with Crippen LogP contribution < -0.4 is 16.0 Å². The van der Waals surface area contributed by atoms with Gasteiger partial charge in [-0.1, -0.05) is 0 Å². The van der Waals surface area contributed by atoms with Gasteiger partial charge in [0.25, 0.3) is 0 Å². The van der Waals surface area contributed by atoms with Gasteiger partial charge in [-0.15, -0.1) is 0 Å². The van der Waals surface area contributed by atoms with Gasteiger partial charge in [-0.25, -0.2) is 9.78 Å². The van der Waals surface area contributed by atoms with Gasteiger partial charge in [0.15, 0.2) is 11.5 Å². The fraction of sp³-hybridized carbons (Fsp3) is 0.808. The lowest BCUT2D eigenvalue weighted by molar-refractivity contribution is -0.153. The van der Waals surface area contributed by atoms with Crippen LogP contribution in [0.4, 0.5) is 23.8 Å². The summed E-state index contributed by atoms with van der Waals surface area (Å²) in [5, 5.41) is 9.55. The number of nitrogens with one attached hydrogen (secondary N) is 3. The Balaban J connectivity index is 1.10. The molecule has 0 unspecified atom stereocenters. The van der Waals surface area contributed by atoms with Crippen LogP contribution in [-0.4, -0.2) is 77.0 Å². The lowest BCUT2D eigenvalue weighted by Crippen LogP contribution is -2.62. The van der Waals surface area contributed by atoms with Crippen LogP contribution in [0, 0.1) is 5.41 Å². The Morgan fingerprint density at radius 3 is 2.41 bits per heavy atom. The molecule has 2 aliphatic heterocycles. The van der Waals surface area contributed by atoms with Gasteiger partial charge in [-0.3, -0.25) is 4.98 Å². The van der Waals surface area contributed by atoms with Gasteiger partial charge in [-0.2, -0.15) is 13.2 Å². The van der Waals surface area contributed by atoms with Crippen LogP contribution in [0.25, 0.3) is 0 Å². The molecule has 0 radical (unpaired) electrons. The molecule has 39 heavy (non-hydrogen) atoms. The van der Waals surface area contributed by atoms with E-state index in [1.165, 1.54) is 6.20 Å². The average molecular weight is 558 g/mol. The van der Waals surface area contributed by atoms with Crippen molar-refractivity contribution in [3.05, 3.63) is 18.1 Å². The lowest BCUT2D eigenvalue weighted by atomic mass is 9.52. The number of amides is 1. The fourth-order valence-corrected chi connectivity index (χ4v) is 6.20. The number of nitrogens with zero attached hydrogens (tertiary/aromatic N) is 2. The summed E-state index contributed by atoms with van der Waals surface area (Å²) in [7, 11) is 0. The third-order valence-corrected chi connectivity index (χ3v) is 7.72. The molecule has 2 saturated heterocycles. The van der Waals surface area contributed by atoms with Crippen LogP contribution in [0.3, 0.4) is 0 Å². The number of rotatable bonds is 6. The van der Waals surface area contributed by atoms with Gasteiger partial charge in [0.05, 0.1) is 31.1 Å². The normalized spacial score (nSPS) is 35.5. The molecule has 5 rings (SSSR count). The van der Waals surface area contributed by atoms with Crippen LogP contribution in [-0.2, 0) is 25.1 Å². The predicted molar refractivity (Wildman–Crippen MR) is 134 cm³/mol. The maximum Gasteiger partial charge on any atom is 0.434 e. The summed E-state index contributed by atoms with van der Waals surface area (Å²) in [4.78, 5) is 19.3. The van der Waals surface area contributed by atoms with Crippen molar-refractivity contribution in [3.8, 4) is 0 Å². The number of hydrogen-bond donors (Lipinski definition) is 3. The minimum absolute atomic E-state index is 0.00165. The Morgan fingerprint density at radius 1 is 1.08 bits per heavy atom. The van der Waals surface area contributed by atoms with Gasteiger partial charge >= 0.3 is 12.3 Å². The number of carbonyl (C=O) groups is 1. The molecule has 0 bridgehead atoms. The van der Waals surface area contributed by atoms with Crippen LogP contribution in [0.5, 0.6) is 0 Å². The highest BCUT2D eigenvalue weighted by atomic mass is 19.4. The fourth-order valence-electron chi connectivity index (χ4n) is 6.20. The molecular formula is C26H38F3N5O5. The topological polar surface area (TPSA) is 116 Å². The standard InChI is InChI=1S/C26H38F3N5O5/c1-23(2,3)39-22(35)32-15-8-25(9-15)6-14(7-25)31-10-17-21-20(37-24(4,5)38-21)16(13-36-17)33-19-12-30-11-18(34-19)26(27,28)29/h11-12,14-17,20-21,31H,6-10,13H2,1-5H3,(H,32,35)(H,33,34)/t14?,15?,16-,17+,20+,21-,25?/m0/s1. The van der Waals surface area contributed by atoms with Gasteiger partial charge in [0.1, 0.15) is 23.6 Å². The molecule has 2 saturated carbocycles. The third kappa shape index (κ3) is 6.58. The second-order valence-corrected chi connectivity index (χ2v) is 12.7. The highest BCUT2D eigenvalue weighted by Gasteiger charge is 2.55. The van der Waals surface area contributed by atoms with E-state index in [1.54, 1.807) is 0 Å². The van der Waals surface area contributed by atoms with Gasteiger partial charge in [0, 0.05) is 18.6 Å². The summed E-state index contributed by atoms with van der Waals surface area (Å²) in [5.74, 6) is -0.856. The van der Waals surface area contributed by atoms with E-state index in [9.17, 15) is 18.0 Å². The molecule has 218 valence electrons. The first kappa shape index (κ1) is 28.3. The van der Waals surface area contributed by atoms with E-state index in [4.69, 9.17) is 18.9 Å². The summed E-state index contributed by atoms with van der Waals surface area (Å²) < 4.78 is 63.0. The molecule has 0 aromatic carbocycles. The molecule has 4 fully saturated rings. The highest BCUT2D eigenvalue weighted by molar-refractivity contribution is 5.68. The first-order valence-electron chi connectivity index (χ1n) is 13.5. The Labute approximate surface area is 226 Å². The third-order valence-electron chi connectivity index (χ3n) is 7.72. The largest absolute Gasteiger partial charge is 0.444 e. The SMILES string of the molecule is CC(C)(C)OC(=O)NC1CC2(CC(NC[C@H]3OC[C@H](Nc4cncc(C(F)(F)F)n4)[C@H]4OC(C)(C)O[C@H]43)C2)C1. The van der Waals surface area contributed by atoms with Gasteiger partial charge < -0.3 is 34.9 Å². The molecule has 4 aliphatic rings. The van der Waals surface area contributed by atoms with E-state index in [0.29, 0.717) is 18.8 Å². The van der Waals surface area contributed by atoms with Crippen molar-refractivity contribution in [2.45, 2.75) is 114 Å². The number of halogens is 3. The van der Waals surface area contributed by atoms with Crippen LogP contribution in [0.2, 0.25) is 0 Å². The number of aromatic nitrogens is 2. The number of alkyl halides is 3. The Hall–Kier alpha value is -2.22. The minimum Gasteiger partial charge on any atom is -0.444 e. The molecule has 2 aliphatic carbocycles. The number of carbonyl (C=O) groups excluding carboxylic acids is 1. The van der Waals surface area contributed by atoms with Crippen molar-refractivity contribution in [3.63, 3.8) is 0 Å². The second kappa shape index (κ2) is 10.0. The number of ether oxygens (including phenoxy) is 4. The lowest BCUT2D eigenvalue weighted by Gasteiger charge is -2.58. The maximum atomic E-state index is 13.1. The average Bonchev–Trinajstić information content (AvgIpc) is 3.08. The Kier molecular flexibility index (Phi) is 7.26. The highest BCUT2D eigenvalue weighted by Crippen LogP contribution is 2.56. The maximum absolute atomic E-state index is 13.1. The van der Waals surface area contributed by atoms with Crippen molar-refractivity contribution >= 4 is 11.9 Å². The monoisotopic (exact) mass is 557 g/mol. The van der Waals surface area contributed by atoms with E-state index < -0.39 is 41.5 Å². The van der Waals surface area contributed by atoms with Gasteiger partial charge in [0.2, 0.25) is 0 Å². The summed E-state index contributed by atoms with van der Waals surface area (Å²) in [5.41, 5.74) is -1.31. The van der Waals surface area contributed by atoms with E-state index in [0.717, 1.165) is 25.7 Å². The van der Waals surface area contributed by atoms with E-state index >= 15 is 0 Å². The number of fused-ring (bicyclic) bond motifs is 1. The molecule has 3 heterocycles. The molecule has 1 amide bonds. The molecule has 13 heteroatoms. The summed E-state index contributed by atoms with van der Waals surface area (Å²) in [6.07, 6.45) is -0.167. The zero-order valence-electron chi connectivity index (χ0n) is 22.9. The summed E-state index contributed by atoms with van der Waals surface area (Å²) in [6.45, 7) is 9.95. The van der Waals surface area contributed by atoms with Crippen molar-refractivity contribution in [2.75, 3.05) is 18.5 Å². The van der Waals surface area contributed by atoms with Crippen LogP contribution in [0.1, 0.15) is 66.0 Å². The van der Waals surface area contributed by atoms with Crippen molar-refractivity contribution < 1.29 is 36.9 Å². The zero-order valence-corrected chi connectivity index (χ0v) is 22.9. The van der Waals surface area contributed by atoms with Gasteiger partial charge in [-0.05, 0) is 65.7 Å². The minimum atomic E-state index is -4.59. The van der Waals surface area contributed by atoms with Crippen LogP contribution in [0.15, 0.2) is 12.4 Å².